The number of ether oxygens (including phenoxy) is 1. The quantitative estimate of drug-likeness (QED) is 0.739. The molecule has 6 nitrogen and oxygen atoms in total. The van der Waals surface area contributed by atoms with E-state index in [0.717, 1.165) is 11.1 Å². The van der Waals surface area contributed by atoms with E-state index in [1.54, 1.807) is 18.1 Å². The van der Waals surface area contributed by atoms with Gasteiger partial charge in [0.2, 0.25) is 5.78 Å². The van der Waals surface area contributed by atoms with E-state index in [0.29, 0.717) is 5.71 Å². The van der Waals surface area contributed by atoms with Gasteiger partial charge < -0.3 is 4.74 Å². The SMILES string of the molecule is CCOC(=O)N1C=C[C@H]2C=C[C@@H]1N1N=C(c3ccccc3)C(=O)[C@]21c1ccccc1. The maximum Gasteiger partial charge on any atom is 0.415 e. The normalized spacial score (nSPS) is 26.4. The van der Waals surface area contributed by atoms with Gasteiger partial charge in [-0.15, -0.1) is 0 Å². The summed E-state index contributed by atoms with van der Waals surface area (Å²) in [6.45, 7) is 2.04. The van der Waals surface area contributed by atoms with Gasteiger partial charge in [-0.1, -0.05) is 72.8 Å². The standard InChI is InChI=1S/C24H21N3O3/c1-2-30-23(29)26-16-15-19-13-14-20(26)27-24(19,18-11-7-4-8-12-18)22(28)21(25-27)17-9-5-3-6-10-17/h3-16,19-20H,2H2,1H3/t19-,20+,24+/m1/s1. The van der Waals surface area contributed by atoms with Crippen LogP contribution in [0.1, 0.15) is 18.1 Å². The van der Waals surface area contributed by atoms with Gasteiger partial charge in [0.05, 0.1) is 6.61 Å². The van der Waals surface area contributed by atoms with Crippen LogP contribution in [0.3, 0.4) is 0 Å². The predicted octanol–water partition coefficient (Wildman–Crippen LogP) is 3.67. The highest BCUT2D eigenvalue weighted by Crippen LogP contribution is 2.49. The molecule has 0 aromatic heterocycles. The molecular weight excluding hydrogens is 378 g/mol. The number of Topliss-reactive ketones (excluding diaryl/α,β-unsaturated/α-hetero) is 1. The van der Waals surface area contributed by atoms with Crippen LogP contribution in [0.4, 0.5) is 4.79 Å². The highest BCUT2D eigenvalue weighted by molar-refractivity contribution is 6.50. The second-order valence-electron chi connectivity index (χ2n) is 7.39. The average Bonchev–Trinajstić information content (AvgIpc) is 2.91. The molecule has 4 aliphatic heterocycles. The molecule has 1 amide bonds. The molecule has 0 spiro atoms. The van der Waals surface area contributed by atoms with Crippen LogP contribution in [-0.4, -0.2) is 40.3 Å². The van der Waals surface area contributed by atoms with Crippen molar-refractivity contribution in [2.75, 3.05) is 6.61 Å². The maximum atomic E-state index is 14.0. The first-order chi connectivity index (χ1) is 14.7. The van der Waals surface area contributed by atoms with Crippen molar-refractivity contribution in [3.05, 3.63) is 96.2 Å². The number of amides is 1. The minimum Gasteiger partial charge on any atom is -0.449 e. The van der Waals surface area contributed by atoms with Crippen molar-refractivity contribution in [3.63, 3.8) is 0 Å². The molecule has 0 saturated carbocycles. The molecule has 0 aliphatic carbocycles. The summed E-state index contributed by atoms with van der Waals surface area (Å²) in [4.78, 5) is 28.2. The summed E-state index contributed by atoms with van der Waals surface area (Å²) < 4.78 is 5.25. The van der Waals surface area contributed by atoms with Crippen LogP contribution in [0.15, 0.2) is 90.2 Å². The smallest absolute Gasteiger partial charge is 0.415 e. The first-order valence-electron chi connectivity index (χ1n) is 10.0. The Labute approximate surface area is 174 Å². The number of hydrogen-bond donors (Lipinski definition) is 0. The maximum absolute atomic E-state index is 14.0. The van der Waals surface area contributed by atoms with Gasteiger partial charge in [-0.2, -0.15) is 5.10 Å². The van der Waals surface area contributed by atoms with E-state index in [1.165, 1.54) is 4.90 Å². The third kappa shape index (κ3) is 2.46. The van der Waals surface area contributed by atoms with Crippen molar-refractivity contribution in [2.24, 2.45) is 11.0 Å². The van der Waals surface area contributed by atoms with E-state index >= 15 is 0 Å². The zero-order chi connectivity index (χ0) is 20.7. The van der Waals surface area contributed by atoms with Gasteiger partial charge in [0.25, 0.3) is 0 Å². The van der Waals surface area contributed by atoms with Crippen LogP contribution in [0.5, 0.6) is 0 Å². The lowest BCUT2D eigenvalue weighted by molar-refractivity contribution is -0.127. The number of hydrogen-bond acceptors (Lipinski definition) is 5. The number of fused-ring (bicyclic) bond motifs is 1. The molecule has 4 aliphatic rings. The van der Waals surface area contributed by atoms with Crippen molar-refractivity contribution in [2.45, 2.75) is 18.6 Å². The number of nitrogens with zero attached hydrogens (tertiary/aromatic N) is 3. The molecule has 2 bridgehead atoms. The molecule has 0 fully saturated rings. The first kappa shape index (κ1) is 18.4. The van der Waals surface area contributed by atoms with E-state index in [-0.39, 0.29) is 18.3 Å². The van der Waals surface area contributed by atoms with E-state index < -0.39 is 17.8 Å². The van der Waals surface area contributed by atoms with Gasteiger partial charge in [0.1, 0.15) is 11.9 Å². The van der Waals surface area contributed by atoms with Gasteiger partial charge in [0.15, 0.2) is 5.54 Å². The zero-order valence-electron chi connectivity index (χ0n) is 16.5. The molecule has 30 heavy (non-hydrogen) atoms. The summed E-state index contributed by atoms with van der Waals surface area (Å²) in [6, 6.07) is 19.1. The third-order valence-electron chi connectivity index (χ3n) is 5.83. The molecule has 4 heterocycles. The Hall–Kier alpha value is -3.67. The molecule has 6 heteroatoms. The Balaban J connectivity index is 1.70. The predicted molar refractivity (Wildman–Crippen MR) is 112 cm³/mol. The van der Waals surface area contributed by atoms with Gasteiger partial charge >= 0.3 is 6.09 Å². The minimum absolute atomic E-state index is 0.0744. The van der Waals surface area contributed by atoms with Crippen LogP contribution in [0.25, 0.3) is 0 Å². The highest BCUT2D eigenvalue weighted by atomic mass is 16.6. The van der Waals surface area contributed by atoms with E-state index in [4.69, 9.17) is 9.84 Å². The Morgan fingerprint density at radius 3 is 2.43 bits per heavy atom. The van der Waals surface area contributed by atoms with Crippen molar-refractivity contribution in [3.8, 4) is 0 Å². The topological polar surface area (TPSA) is 62.2 Å². The number of carbonyl (C=O) groups is 2. The fourth-order valence-corrected chi connectivity index (χ4v) is 4.52. The summed E-state index contributed by atoms with van der Waals surface area (Å²) >= 11 is 0. The molecule has 6 rings (SSSR count). The number of carbonyl (C=O) groups excluding carboxylic acids is 2. The molecule has 150 valence electrons. The second kappa shape index (κ2) is 6.99. The summed E-state index contributed by atoms with van der Waals surface area (Å²) in [5, 5.41) is 6.58. The van der Waals surface area contributed by atoms with Crippen molar-refractivity contribution in [1.29, 1.82) is 0 Å². The molecule has 2 aromatic rings. The monoisotopic (exact) mass is 399 g/mol. The lowest BCUT2D eigenvalue weighted by Gasteiger charge is -2.46. The Morgan fingerprint density at radius 2 is 1.73 bits per heavy atom. The molecule has 0 saturated heterocycles. The van der Waals surface area contributed by atoms with Crippen LogP contribution in [0.2, 0.25) is 0 Å². The summed E-state index contributed by atoms with van der Waals surface area (Å²) in [6.07, 6.45) is 6.47. The lowest BCUT2D eigenvalue weighted by atomic mass is 9.71. The van der Waals surface area contributed by atoms with Crippen LogP contribution >= 0.6 is 0 Å². The van der Waals surface area contributed by atoms with E-state index in [2.05, 4.69) is 0 Å². The van der Waals surface area contributed by atoms with Crippen molar-refractivity contribution < 1.29 is 14.3 Å². The summed E-state index contributed by atoms with van der Waals surface area (Å²) in [5.41, 5.74) is 0.956. The fraction of sp³-hybridized carbons (Fsp3) is 0.208. The lowest BCUT2D eigenvalue weighted by Crippen LogP contribution is -2.58. The van der Waals surface area contributed by atoms with Gasteiger partial charge in [-0.3, -0.25) is 14.7 Å². The van der Waals surface area contributed by atoms with Crippen molar-refractivity contribution in [1.82, 2.24) is 9.91 Å². The molecule has 3 atom stereocenters. The van der Waals surface area contributed by atoms with Crippen LogP contribution in [-0.2, 0) is 15.1 Å². The van der Waals surface area contributed by atoms with E-state index in [9.17, 15) is 9.59 Å². The average molecular weight is 399 g/mol. The Kier molecular flexibility index (Phi) is 4.28. The van der Waals surface area contributed by atoms with Gasteiger partial charge in [-0.05, 0) is 18.6 Å². The molecular formula is C24H21N3O3. The minimum atomic E-state index is -1.05. The third-order valence-corrected chi connectivity index (χ3v) is 5.83. The van der Waals surface area contributed by atoms with Gasteiger partial charge in [-0.25, -0.2) is 4.79 Å². The number of benzene rings is 2. The van der Waals surface area contributed by atoms with Crippen LogP contribution in [0, 0.1) is 5.92 Å². The molecule has 0 radical (unpaired) electrons. The zero-order valence-corrected chi connectivity index (χ0v) is 16.5. The first-order valence-corrected chi connectivity index (χ1v) is 10.0. The van der Waals surface area contributed by atoms with Gasteiger partial charge in [0, 0.05) is 17.7 Å². The second-order valence-corrected chi connectivity index (χ2v) is 7.39. The number of ketones is 1. The fourth-order valence-electron chi connectivity index (χ4n) is 4.52. The van der Waals surface area contributed by atoms with Crippen molar-refractivity contribution >= 4 is 17.6 Å². The summed E-state index contributed by atoms with van der Waals surface area (Å²) in [7, 11) is 0. The molecule has 0 N–H and O–H groups in total. The van der Waals surface area contributed by atoms with E-state index in [1.807, 2.05) is 78.9 Å². The molecule has 2 aromatic carbocycles. The Morgan fingerprint density at radius 1 is 1.03 bits per heavy atom. The largest absolute Gasteiger partial charge is 0.449 e. The summed E-state index contributed by atoms with van der Waals surface area (Å²) in [5.74, 6) is -0.359. The molecule has 0 unspecified atom stereocenters. The highest BCUT2D eigenvalue weighted by Gasteiger charge is 2.61. The number of hydrazone groups is 1. The van der Waals surface area contributed by atoms with Crippen LogP contribution < -0.4 is 0 Å². The Bertz CT molecular complexity index is 1080. The number of rotatable bonds is 3.